The van der Waals surface area contributed by atoms with Crippen molar-refractivity contribution in [1.29, 1.82) is 0 Å². The molecule has 0 aliphatic carbocycles. The smallest absolute Gasteiger partial charge is 0.00176 e. The Labute approximate surface area is 238 Å². The number of hydrogen-bond acceptors (Lipinski definition) is 0. The molecule has 0 saturated heterocycles. The van der Waals surface area contributed by atoms with E-state index in [1.807, 2.05) is 0 Å². The monoisotopic (exact) mass is 516 g/mol. The average molecular weight is 517 g/mol. The summed E-state index contributed by atoms with van der Waals surface area (Å²) in [7, 11) is 0. The molecular weight excluding hydrogens is 468 g/mol. The molecule has 0 amide bonds. The third-order valence-electron chi connectivity index (χ3n) is 8.37. The highest BCUT2D eigenvalue weighted by atomic mass is 14.3. The molecule has 0 N–H and O–H groups in total. The number of benzene rings is 4. The van der Waals surface area contributed by atoms with Gasteiger partial charge in [-0.25, -0.2) is 0 Å². The highest BCUT2D eigenvalue weighted by Gasteiger charge is 2.25. The molecule has 0 unspecified atom stereocenters. The highest BCUT2D eigenvalue weighted by Crippen LogP contribution is 2.36. The van der Waals surface area contributed by atoms with Crippen LogP contribution in [0.2, 0.25) is 0 Å². The first-order chi connectivity index (χ1) is 18.6. The predicted molar refractivity (Wildman–Crippen MR) is 171 cm³/mol. The lowest BCUT2D eigenvalue weighted by Gasteiger charge is -2.29. The Morgan fingerprint density at radius 2 is 1.15 bits per heavy atom. The first kappa shape index (κ1) is 28.9. The number of aryl methyl sites for hydroxylation is 2. The molecule has 39 heavy (non-hydrogen) atoms. The van der Waals surface area contributed by atoms with Crippen LogP contribution >= 0.6 is 0 Å². The number of unbranched alkanes of at least 4 members (excludes halogenated alkanes) is 1. The largest absolute Gasteiger partial charge is 0.0654 e. The Balaban J connectivity index is 1.84. The summed E-state index contributed by atoms with van der Waals surface area (Å²) in [6.07, 6.45) is 6.66. The first-order valence-electron chi connectivity index (χ1n) is 15.0. The standard InChI is InChI=1S/C39H48/c1-8-10-16-32-25-33(30-18-12-11-13-19-30)26-34(37(32)27-31-20-15-14-17-29(31)9-2)28-39(6,7)36-23-21-35(22-24-36)38(3,4)5/h11-15,17-26H,8-10,16,27-28H2,1-7H3. The van der Waals surface area contributed by atoms with Crippen molar-refractivity contribution >= 4 is 0 Å². The van der Waals surface area contributed by atoms with Crippen LogP contribution in [-0.2, 0) is 36.5 Å². The highest BCUT2D eigenvalue weighted by molar-refractivity contribution is 5.67. The topological polar surface area (TPSA) is 0 Å². The zero-order chi connectivity index (χ0) is 28.0. The Morgan fingerprint density at radius 1 is 0.564 bits per heavy atom. The van der Waals surface area contributed by atoms with Gasteiger partial charge in [0.25, 0.3) is 0 Å². The molecule has 0 bridgehead atoms. The lowest BCUT2D eigenvalue weighted by molar-refractivity contribution is 0.518. The van der Waals surface area contributed by atoms with Gasteiger partial charge in [-0.15, -0.1) is 0 Å². The minimum atomic E-state index is 0.0206. The number of rotatable bonds is 10. The molecule has 0 saturated carbocycles. The third-order valence-corrected chi connectivity index (χ3v) is 8.37. The lowest BCUT2D eigenvalue weighted by Crippen LogP contribution is -2.22. The molecule has 0 fully saturated rings. The zero-order valence-electron chi connectivity index (χ0n) is 25.4. The van der Waals surface area contributed by atoms with Crippen molar-refractivity contribution < 1.29 is 0 Å². The van der Waals surface area contributed by atoms with Crippen LogP contribution in [0.3, 0.4) is 0 Å². The van der Waals surface area contributed by atoms with Gasteiger partial charge in [-0.2, -0.15) is 0 Å². The molecule has 0 aromatic heterocycles. The predicted octanol–water partition coefficient (Wildman–Crippen LogP) is 10.7. The first-order valence-corrected chi connectivity index (χ1v) is 15.0. The minimum absolute atomic E-state index is 0.0206. The summed E-state index contributed by atoms with van der Waals surface area (Å²) < 4.78 is 0. The Hall–Kier alpha value is -3.12. The van der Waals surface area contributed by atoms with Gasteiger partial charge < -0.3 is 0 Å². The van der Waals surface area contributed by atoms with Crippen LogP contribution < -0.4 is 0 Å². The Morgan fingerprint density at radius 3 is 1.77 bits per heavy atom. The maximum Gasteiger partial charge on any atom is -0.00176 e. The van der Waals surface area contributed by atoms with Gasteiger partial charge in [-0.1, -0.05) is 146 Å². The van der Waals surface area contributed by atoms with Gasteiger partial charge in [0.2, 0.25) is 0 Å². The molecule has 0 aliphatic rings. The van der Waals surface area contributed by atoms with Crippen LogP contribution in [0.15, 0.2) is 91.0 Å². The van der Waals surface area contributed by atoms with Gasteiger partial charge in [0.1, 0.15) is 0 Å². The van der Waals surface area contributed by atoms with E-state index in [2.05, 4.69) is 139 Å². The van der Waals surface area contributed by atoms with E-state index < -0.39 is 0 Å². The lowest BCUT2D eigenvalue weighted by atomic mass is 9.75. The van der Waals surface area contributed by atoms with Gasteiger partial charge in [-0.05, 0) is 93.0 Å². The molecule has 0 heteroatoms. The minimum Gasteiger partial charge on any atom is -0.0654 e. The van der Waals surface area contributed by atoms with Crippen molar-refractivity contribution in [2.45, 2.75) is 97.8 Å². The summed E-state index contributed by atoms with van der Waals surface area (Å²) in [4.78, 5) is 0. The van der Waals surface area contributed by atoms with Crippen molar-refractivity contribution in [3.8, 4) is 11.1 Å². The molecule has 0 aliphatic heterocycles. The SMILES string of the molecule is CCCCc1cc(-c2ccccc2)cc(CC(C)(C)c2ccc(C(C)(C)C)cc2)c1Cc1ccccc1CC. The van der Waals surface area contributed by atoms with Crippen molar-refractivity contribution in [2.24, 2.45) is 0 Å². The second-order valence-corrected chi connectivity index (χ2v) is 12.9. The molecule has 0 radical (unpaired) electrons. The van der Waals surface area contributed by atoms with Crippen LogP contribution in [0.1, 0.15) is 100 Å². The van der Waals surface area contributed by atoms with Crippen LogP contribution in [0.5, 0.6) is 0 Å². The van der Waals surface area contributed by atoms with Gasteiger partial charge >= 0.3 is 0 Å². The van der Waals surface area contributed by atoms with E-state index in [4.69, 9.17) is 0 Å². The number of hydrogen-bond donors (Lipinski definition) is 0. The van der Waals surface area contributed by atoms with Gasteiger partial charge in [-0.3, -0.25) is 0 Å². The van der Waals surface area contributed by atoms with Crippen LogP contribution in [0.25, 0.3) is 11.1 Å². The van der Waals surface area contributed by atoms with Crippen molar-refractivity contribution in [3.05, 3.63) is 130 Å². The van der Waals surface area contributed by atoms with Gasteiger partial charge in [0.05, 0.1) is 0 Å². The maximum atomic E-state index is 2.50. The summed E-state index contributed by atoms with van der Waals surface area (Å²) in [6.45, 7) is 16.3. The van der Waals surface area contributed by atoms with E-state index in [1.165, 1.54) is 57.3 Å². The van der Waals surface area contributed by atoms with Crippen LogP contribution in [0.4, 0.5) is 0 Å². The van der Waals surface area contributed by atoms with E-state index in [-0.39, 0.29) is 10.8 Å². The fraction of sp³-hybridized carbons (Fsp3) is 0.385. The molecular formula is C39H48. The summed E-state index contributed by atoms with van der Waals surface area (Å²) in [5.41, 5.74) is 13.2. The zero-order valence-corrected chi connectivity index (χ0v) is 25.4. The summed E-state index contributed by atoms with van der Waals surface area (Å²) in [6, 6.07) is 34.4. The van der Waals surface area contributed by atoms with E-state index in [1.54, 1.807) is 5.56 Å². The van der Waals surface area contributed by atoms with Crippen molar-refractivity contribution in [2.75, 3.05) is 0 Å². The second-order valence-electron chi connectivity index (χ2n) is 12.9. The van der Waals surface area contributed by atoms with Gasteiger partial charge in [0.15, 0.2) is 0 Å². The van der Waals surface area contributed by atoms with E-state index in [0.717, 1.165) is 25.7 Å². The summed E-state index contributed by atoms with van der Waals surface area (Å²) in [5.74, 6) is 0. The molecule has 4 rings (SSSR count). The molecule has 4 aromatic rings. The molecule has 0 spiro atoms. The third kappa shape index (κ3) is 7.10. The molecule has 0 nitrogen and oxygen atoms in total. The maximum absolute atomic E-state index is 2.50. The molecule has 4 aromatic carbocycles. The molecule has 0 heterocycles. The van der Waals surface area contributed by atoms with Gasteiger partial charge in [0, 0.05) is 0 Å². The normalized spacial score (nSPS) is 12.1. The Bertz CT molecular complexity index is 1350. The van der Waals surface area contributed by atoms with E-state index in [9.17, 15) is 0 Å². The summed E-state index contributed by atoms with van der Waals surface area (Å²) >= 11 is 0. The quantitative estimate of drug-likeness (QED) is 0.197. The second kappa shape index (κ2) is 12.4. The molecule has 204 valence electrons. The Kier molecular flexibility index (Phi) is 9.16. The average Bonchev–Trinajstić information content (AvgIpc) is 2.93. The van der Waals surface area contributed by atoms with Crippen molar-refractivity contribution in [3.63, 3.8) is 0 Å². The summed E-state index contributed by atoms with van der Waals surface area (Å²) in [5, 5.41) is 0. The van der Waals surface area contributed by atoms with E-state index in [0.29, 0.717) is 0 Å². The van der Waals surface area contributed by atoms with E-state index >= 15 is 0 Å². The van der Waals surface area contributed by atoms with Crippen LogP contribution in [-0.4, -0.2) is 0 Å². The fourth-order valence-corrected chi connectivity index (χ4v) is 5.83. The van der Waals surface area contributed by atoms with Crippen molar-refractivity contribution in [1.82, 2.24) is 0 Å². The fourth-order valence-electron chi connectivity index (χ4n) is 5.83. The van der Waals surface area contributed by atoms with Crippen LogP contribution in [0, 0.1) is 0 Å². The molecule has 0 atom stereocenters.